The van der Waals surface area contributed by atoms with Crippen LogP contribution in [0.5, 0.6) is 0 Å². The van der Waals surface area contributed by atoms with Gasteiger partial charge in [-0.1, -0.05) is 59.6 Å². The summed E-state index contributed by atoms with van der Waals surface area (Å²) in [5.74, 6) is 1.02. The SMILES string of the molecule is CCCCc1nc2cc(NC(=O)Nc3ccccc3)c(C)nc2n1Cc1ccc(Br)cc1. The van der Waals surface area contributed by atoms with Gasteiger partial charge in [-0.2, -0.15) is 0 Å². The summed E-state index contributed by atoms with van der Waals surface area (Å²) in [5.41, 5.74) is 4.95. The first-order valence-corrected chi connectivity index (χ1v) is 11.6. The van der Waals surface area contributed by atoms with Crippen LogP contribution < -0.4 is 10.6 Å². The highest BCUT2D eigenvalue weighted by Gasteiger charge is 2.16. The van der Waals surface area contributed by atoms with E-state index in [0.29, 0.717) is 12.2 Å². The van der Waals surface area contributed by atoms with E-state index >= 15 is 0 Å². The summed E-state index contributed by atoms with van der Waals surface area (Å²) in [7, 11) is 0. The van der Waals surface area contributed by atoms with E-state index in [1.54, 1.807) is 0 Å². The minimum absolute atomic E-state index is 0.305. The Morgan fingerprint density at radius 2 is 1.78 bits per heavy atom. The topological polar surface area (TPSA) is 71.8 Å². The molecule has 32 heavy (non-hydrogen) atoms. The number of carbonyl (C=O) groups is 1. The van der Waals surface area contributed by atoms with E-state index in [1.807, 2.05) is 55.5 Å². The molecule has 0 radical (unpaired) electrons. The van der Waals surface area contributed by atoms with Crippen molar-refractivity contribution in [3.8, 4) is 0 Å². The molecule has 0 aliphatic carbocycles. The molecular formula is C25H26BrN5O. The first-order chi connectivity index (χ1) is 15.5. The van der Waals surface area contributed by atoms with E-state index in [-0.39, 0.29) is 6.03 Å². The van der Waals surface area contributed by atoms with Crippen molar-refractivity contribution in [1.82, 2.24) is 14.5 Å². The number of nitrogens with zero attached hydrogens (tertiary/aromatic N) is 3. The molecule has 6 nitrogen and oxygen atoms in total. The van der Waals surface area contributed by atoms with E-state index in [4.69, 9.17) is 9.97 Å². The molecule has 2 N–H and O–H groups in total. The monoisotopic (exact) mass is 491 g/mol. The van der Waals surface area contributed by atoms with Gasteiger partial charge in [0.15, 0.2) is 5.65 Å². The third kappa shape index (κ3) is 5.16. The molecule has 4 aromatic rings. The van der Waals surface area contributed by atoms with Gasteiger partial charge >= 0.3 is 6.03 Å². The largest absolute Gasteiger partial charge is 0.323 e. The van der Waals surface area contributed by atoms with Crippen molar-refractivity contribution in [2.45, 2.75) is 39.7 Å². The Bertz CT molecular complexity index is 1220. The second kappa shape index (κ2) is 9.96. The van der Waals surface area contributed by atoms with Crippen molar-refractivity contribution in [2.75, 3.05) is 10.6 Å². The molecule has 2 amide bonds. The van der Waals surface area contributed by atoms with E-state index < -0.39 is 0 Å². The fourth-order valence-electron chi connectivity index (χ4n) is 3.58. The Hall–Kier alpha value is -3.19. The molecule has 0 unspecified atom stereocenters. The van der Waals surface area contributed by atoms with E-state index in [0.717, 1.165) is 52.1 Å². The molecule has 0 atom stereocenters. The van der Waals surface area contributed by atoms with Crippen molar-refractivity contribution < 1.29 is 4.79 Å². The maximum atomic E-state index is 12.5. The summed E-state index contributed by atoms with van der Waals surface area (Å²) in [6.07, 6.45) is 3.05. The van der Waals surface area contributed by atoms with Crippen LogP contribution in [0.4, 0.5) is 16.2 Å². The van der Waals surface area contributed by atoms with Crippen LogP contribution in [-0.2, 0) is 13.0 Å². The molecule has 2 aromatic carbocycles. The zero-order chi connectivity index (χ0) is 22.5. The summed E-state index contributed by atoms with van der Waals surface area (Å²) in [5, 5.41) is 5.75. The van der Waals surface area contributed by atoms with Gasteiger partial charge < -0.3 is 15.2 Å². The molecule has 0 aliphatic rings. The maximum absolute atomic E-state index is 12.5. The molecule has 4 rings (SSSR count). The molecule has 0 fully saturated rings. The van der Waals surface area contributed by atoms with Crippen LogP contribution in [-0.4, -0.2) is 20.6 Å². The van der Waals surface area contributed by atoms with Crippen LogP contribution in [0, 0.1) is 6.92 Å². The normalized spacial score (nSPS) is 11.0. The van der Waals surface area contributed by atoms with Crippen LogP contribution in [0.15, 0.2) is 65.1 Å². The van der Waals surface area contributed by atoms with Crippen LogP contribution in [0.3, 0.4) is 0 Å². The number of halogens is 1. The molecule has 0 aliphatic heterocycles. The highest BCUT2D eigenvalue weighted by atomic mass is 79.9. The maximum Gasteiger partial charge on any atom is 0.323 e. The lowest BCUT2D eigenvalue weighted by atomic mass is 10.2. The van der Waals surface area contributed by atoms with Crippen LogP contribution in [0.1, 0.15) is 36.8 Å². The average Bonchev–Trinajstić information content (AvgIpc) is 3.10. The number of fused-ring (bicyclic) bond motifs is 1. The smallest absolute Gasteiger partial charge is 0.308 e. The number of hydrogen-bond acceptors (Lipinski definition) is 3. The zero-order valence-corrected chi connectivity index (χ0v) is 19.8. The third-order valence-corrected chi connectivity index (χ3v) is 5.81. The number of aromatic nitrogens is 3. The summed E-state index contributed by atoms with van der Waals surface area (Å²) < 4.78 is 3.25. The highest BCUT2D eigenvalue weighted by molar-refractivity contribution is 9.10. The van der Waals surface area contributed by atoms with Crippen molar-refractivity contribution in [1.29, 1.82) is 0 Å². The van der Waals surface area contributed by atoms with Crippen molar-refractivity contribution in [3.05, 3.63) is 82.2 Å². The van der Waals surface area contributed by atoms with Crippen molar-refractivity contribution >= 4 is 44.5 Å². The second-order valence-electron chi connectivity index (χ2n) is 7.75. The number of anilines is 2. The number of imidazole rings is 1. The van der Waals surface area contributed by atoms with Gasteiger partial charge in [0.2, 0.25) is 0 Å². The third-order valence-electron chi connectivity index (χ3n) is 5.28. The van der Waals surface area contributed by atoms with Gasteiger partial charge in [0.25, 0.3) is 0 Å². The molecule has 0 bridgehead atoms. The Balaban J connectivity index is 1.63. The molecule has 2 heterocycles. The number of pyridine rings is 1. The van der Waals surface area contributed by atoms with Gasteiger partial charge in [-0.25, -0.2) is 14.8 Å². The van der Waals surface area contributed by atoms with Gasteiger partial charge in [0, 0.05) is 16.6 Å². The molecule has 164 valence electrons. The fourth-order valence-corrected chi connectivity index (χ4v) is 3.85. The predicted molar refractivity (Wildman–Crippen MR) is 133 cm³/mol. The quantitative estimate of drug-likeness (QED) is 0.308. The molecular weight excluding hydrogens is 466 g/mol. The first-order valence-electron chi connectivity index (χ1n) is 10.8. The number of rotatable bonds is 7. The number of para-hydroxylation sites is 1. The molecule has 0 spiro atoms. The molecule has 2 aromatic heterocycles. The van der Waals surface area contributed by atoms with E-state index in [2.05, 4.69) is 50.2 Å². The Labute approximate surface area is 196 Å². The number of amides is 2. The molecule has 0 saturated carbocycles. The Morgan fingerprint density at radius 1 is 1.03 bits per heavy atom. The lowest BCUT2D eigenvalue weighted by Crippen LogP contribution is -2.20. The van der Waals surface area contributed by atoms with E-state index in [9.17, 15) is 4.79 Å². The van der Waals surface area contributed by atoms with Crippen molar-refractivity contribution in [2.24, 2.45) is 0 Å². The lowest BCUT2D eigenvalue weighted by Gasteiger charge is -2.11. The fraction of sp³-hybridized carbons (Fsp3) is 0.240. The van der Waals surface area contributed by atoms with Gasteiger partial charge in [0.1, 0.15) is 11.3 Å². The van der Waals surface area contributed by atoms with Gasteiger partial charge in [-0.3, -0.25) is 0 Å². The zero-order valence-electron chi connectivity index (χ0n) is 18.2. The summed E-state index contributed by atoms with van der Waals surface area (Å²) in [4.78, 5) is 22.2. The number of unbranched alkanes of at least 4 members (excludes halogenated alkanes) is 1. The summed E-state index contributed by atoms with van der Waals surface area (Å²) in [6.45, 7) is 4.79. The minimum atomic E-state index is -0.305. The first kappa shape index (κ1) is 22.0. The second-order valence-corrected chi connectivity index (χ2v) is 8.67. The number of carbonyl (C=O) groups excluding carboxylic acids is 1. The number of urea groups is 1. The van der Waals surface area contributed by atoms with Crippen molar-refractivity contribution in [3.63, 3.8) is 0 Å². The summed E-state index contributed by atoms with van der Waals surface area (Å²) in [6, 6.07) is 19.3. The number of hydrogen-bond donors (Lipinski definition) is 2. The summed E-state index contributed by atoms with van der Waals surface area (Å²) >= 11 is 3.50. The number of nitrogens with one attached hydrogen (secondary N) is 2. The minimum Gasteiger partial charge on any atom is -0.308 e. The molecule has 0 saturated heterocycles. The number of aryl methyl sites for hydroxylation is 2. The van der Waals surface area contributed by atoms with Crippen LogP contribution >= 0.6 is 15.9 Å². The highest BCUT2D eigenvalue weighted by Crippen LogP contribution is 2.24. The lowest BCUT2D eigenvalue weighted by molar-refractivity contribution is 0.262. The van der Waals surface area contributed by atoms with Gasteiger partial charge in [-0.15, -0.1) is 0 Å². The van der Waals surface area contributed by atoms with E-state index in [1.165, 1.54) is 5.56 Å². The van der Waals surface area contributed by atoms with Gasteiger partial charge in [0.05, 0.1) is 17.9 Å². The average molecular weight is 492 g/mol. The standard InChI is InChI=1S/C25H26BrN5O/c1-3-4-10-23-29-22-15-21(30-25(32)28-20-8-6-5-7-9-20)17(2)27-24(22)31(23)16-18-11-13-19(26)14-12-18/h5-9,11-15H,3-4,10,16H2,1-2H3,(H2,28,30,32). The van der Waals surface area contributed by atoms with Crippen LogP contribution in [0.2, 0.25) is 0 Å². The number of benzene rings is 2. The molecule has 7 heteroatoms. The Kier molecular flexibility index (Phi) is 6.85. The van der Waals surface area contributed by atoms with Crippen LogP contribution in [0.25, 0.3) is 11.2 Å². The predicted octanol–water partition coefficient (Wildman–Crippen LogP) is 6.54. The van der Waals surface area contributed by atoms with Gasteiger partial charge in [-0.05, 0) is 49.2 Å². The Morgan fingerprint density at radius 3 is 2.50 bits per heavy atom.